The summed E-state index contributed by atoms with van der Waals surface area (Å²) in [7, 11) is 2.15. The molecule has 160 valence electrons. The van der Waals surface area contributed by atoms with Crippen LogP contribution in [0.1, 0.15) is 32.3 Å². The lowest BCUT2D eigenvalue weighted by atomic mass is 10.2. The van der Waals surface area contributed by atoms with E-state index in [9.17, 15) is 13.2 Å². The maximum atomic E-state index is 12.2. The number of ether oxygens (including phenoxy) is 1. The predicted molar refractivity (Wildman–Crippen MR) is 116 cm³/mol. The normalized spacial score (nSPS) is 15.8. The highest BCUT2D eigenvalue weighted by molar-refractivity contribution is 14.0. The van der Waals surface area contributed by atoms with Gasteiger partial charge in [-0.2, -0.15) is 13.2 Å². The van der Waals surface area contributed by atoms with Crippen LogP contribution in [-0.2, 0) is 6.54 Å². The number of likely N-dealkylation sites (N-methyl/N-ethyl adjacent to an activating group) is 1. The lowest BCUT2D eigenvalue weighted by Gasteiger charge is -2.25. The minimum absolute atomic E-state index is 0. The van der Waals surface area contributed by atoms with Gasteiger partial charge in [0.2, 0.25) is 0 Å². The highest BCUT2D eigenvalue weighted by Gasteiger charge is 2.29. The fraction of sp³-hybridized carbons (Fsp3) is 0.632. The number of hydrogen-bond donors (Lipinski definition) is 2. The van der Waals surface area contributed by atoms with Crippen LogP contribution in [-0.4, -0.2) is 55.9 Å². The molecule has 1 saturated carbocycles. The molecule has 2 N–H and O–H groups in total. The summed E-state index contributed by atoms with van der Waals surface area (Å²) >= 11 is 0. The molecule has 1 fully saturated rings. The van der Waals surface area contributed by atoms with E-state index in [0.29, 0.717) is 18.6 Å². The Kier molecular flexibility index (Phi) is 10.4. The van der Waals surface area contributed by atoms with E-state index >= 15 is 0 Å². The maximum Gasteiger partial charge on any atom is 0.422 e. The zero-order valence-electron chi connectivity index (χ0n) is 16.6. The van der Waals surface area contributed by atoms with E-state index in [2.05, 4.69) is 34.5 Å². The van der Waals surface area contributed by atoms with Gasteiger partial charge in [-0.15, -0.1) is 24.0 Å². The number of hydrogen-bond acceptors (Lipinski definition) is 3. The summed E-state index contributed by atoms with van der Waals surface area (Å²) in [5, 5.41) is 6.56. The number of halogens is 4. The molecule has 0 spiro atoms. The first-order valence-corrected chi connectivity index (χ1v) is 9.31. The van der Waals surface area contributed by atoms with Gasteiger partial charge in [0.25, 0.3) is 0 Å². The number of alkyl halides is 3. The first-order valence-electron chi connectivity index (χ1n) is 9.31. The number of benzene rings is 1. The zero-order valence-corrected chi connectivity index (χ0v) is 18.9. The van der Waals surface area contributed by atoms with Crippen molar-refractivity contribution in [1.82, 2.24) is 15.5 Å². The van der Waals surface area contributed by atoms with Crippen LogP contribution < -0.4 is 15.4 Å². The Morgan fingerprint density at radius 2 is 1.89 bits per heavy atom. The summed E-state index contributed by atoms with van der Waals surface area (Å²) in [5.74, 6) is 0.924. The van der Waals surface area contributed by atoms with E-state index in [4.69, 9.17) is 4.74 Å². The predicted octanol–water partition coefficient (Wildman–Crippen LogP) is 3.78. The van der Waals surface area contributed by atoms with Gasteiger partial charge in [-0.3, -0.25) is 4.90 Å². The molecule has 0 radical (unpaired) electrons. The number of nitrogens with one attached hydrogen (secondary N) is 2. The average molecular weight is 514 g/mol. The number of nitrogens with zero attached hydrogens (tertiary/aromatic N) is 2. The summed E-state index contributed by atoms with van der Waals surface area (Å²) in [6, 6.07) is 7.63. The molecule has 1 unspecified atom stereocenters. The van der Waals surface area contributed by atoms with E-state index in [1.807, 2.05) is 6.92 Å². The molecule has 0 amide bonds. The van der Waals surface area contributed by atoms with Gasteiger partial charge in [0.05, 0.1) is 6.54 Å². The molecule has 1 atom stereocenters. The lowest BCUT2D eigenvalue weighted by Crippen LogP contribution is -2.45. The Bertz CT molecular complexity index is 606. The first-order chi connectivity index (χ1) is 12.8. The molecule has 9 heteroatoms. The smallest absolute Gasteiger partial charge is 0.422 e. The maximum absolute atomic E-state index is 12.2. The van der Waals surface area contributed by atoms with Crippen LogP contribution in [0.5, 0.6) is 5.75 Å². The van der Waals surface area contributed by atoms with Crippen molar-refractivity contribution >= 4 is 29.9 Å². The minimum Gasteiger partial charge on any atom is -0.484 e. The quantitative estimate of drug-likeness (QED) is 0.299. The Balaban J connectivity index is 0.00000392. The van der Waals surface area contributed by atoms with Gasteiger partial charge < -0.3 is 15.4 Å². The standard InChI is InChI=1S/C19H29F3N4O.HI/c1-4-23-18(24-11-14(2)26(3)16-7-8-16)25-12-15-5-9-17(10-6-15)27-13-19(20,21)22;/h5-6,9-10,14,16H,4,7-8,11-13H2,1-3H3,(H2,23,24,25);1H. The van der Waals surface area contributed by atoms with Crippen LogP contribution in [0, 0.1) is 0 Å². The highest BCUT2D eigenvalue weighted by atomic mass is 127. The summed E-state index contributed by atoms with van der Waals surface area (Å²) < 4.78 is 41.2. The zero-order chi connectivity index (χ0) is 19.9. The fourth-order valence-electron chi connectivity index (χ4n) is 2.60. The van der Waals surface area contributed by atoms with Crippen molar-refractivity contribution < 1.29 is 17.9 Å². The molecule has 1 aliphatic rings. The molecule has 1 aromatic rings. The fourth-order valence-corrected chi connectivity index (χ4v) is 2.60. The third-order valence-electron chi connectivity index (χ3n) is 4.47. The van der Waals surface area contributed by atoms with E-state index in [1.165, 1.54) is 25.0 Å². The molecule has 1 aliphatic carbocycles. The lowest BCUT2D eigenvalue weighted by molar-refractivity contribution is -0.153. The van der Waals surface area contributed by atoms with Crippen molar-refractivity contribution in [3.63, 3.8) is 0 Å². The molecule has 0 aliphatic heterocycles. The van der Waals surface area contributed by atoms with Crippen molar-refractivity contribution in [2.24, 2.45) is 4.99 Å². The molecular formula is C19H30F3IN4O. The molecule has 5 nitrogen and oxygen atoms in total. The molecule has 28 heavy (non-hydrogen) atoms. The Labute approximate surface area is 182 Å². The molecular weight excluding hydrogens is 484 g/mol. The monoisotopic (exact) mass is 514 g/mol. The third-order valence-corrected chi connectivity index (χ3v) is 4.47. The summed E-state index contributed by atoms with van der Waals surface area (Å²) in [5.41, 5.74) is 0.898. The van der Waals surface area contributed by atoms with E-state index < -0.39 is 12.8 Å². The SMILES string of the molecule is CCNC(=NCc1ccc(OCC(F)(F)F)cc1)NCC(C)N(C)C1CC1.I. The Morgan fingerprint density at radius 1 is 1.25 bits per heavy atom. The third kappa shape index (κ3) is 9.31. The molecule has 0 aromatic heterocycles. The second-order valence-electron chi connectivity index (χ2n) is 6.87. The molecule has 1 aromatic carbocycles. The van der Waals surface area contributed by atoms with Gasteiger partial charge in [-0.25, -0.2) is 4.99 Å². The highest BCUT2D eigenvalue weighted by Crippen LogP contribution is 2.26. The van der Waals surface area contributed by atoms with Gasteiger partial charge in [0, 0.05) is 25.2 Å². The summed E-state index contributed by atoms with van der Waals surface area (Å²) in [6.07, 6.45) is -1.78. The first kappa shape index (κ1) is 24.8. The molecule has 0 heterocycles. The molecule has 2 rings (SSSR count). The summed E-state index contributed by atoms with van der Waals surface area (Å²) in [6.45, 7) is 4.89. The van der Waals surface area contributed by atoms with Crippen molar-refractivity contribution in [2.75, 3.05) is 26.7 Å². The number of rotatable bonds is 9. The number of guanidine groups is 1. The number of aliphatic imine (C=N–C) groups is 1. The minimum atomic E-state index is -4.33. The topological polar surface area (TPSA) is 48.9 Å². The van der Waals surface area contributed by atoms with E-state index in [1.54, 1.807) is 12.1 Å². The molecule has 0 bridgehead atoms. The van der Waals surface area contributed by atoms with Gasteiger partial charge in [0.1, 0.15) is 5.75 Å². The van der Waals surface area contributed by atoms with Crippen LogP contribution in [0.25, 0.3) is 0 Å². The average Bonchev–Trinajstić information content (AvgIpc) is 3.46. The second-order valence-corrected chi connectivity index (χ2v) is 6.87. The van der Waals surface area contributed by atoms with Crippen LogP contribution in [0.2, 0.25) is 0 Å². The second kappa shape index (κ2) is 11.7. The van der Waals surface area contributed by atoms with Gasteiger partial charge in [-0.05, 0) is 51.4 Å². The van der Waals surface area contributed by atoms with Crippen LogP contribution in [0.3, 0.4) is 0 Å². The van der Waals surface area contributed by atoms with Crippen LogP contribution in [0.4, 0.5) is 13.2 Å². The van der Waals surface area contributed by atoms with Crippen LogP contribution in [0.15, 0.2) is 29.3 Å². The van der Waals surface area contributed by atoms with Gasteiger partial charge in [0.15, 0.2) is 12.6 Å². The van der Waals surface area contributed by atoms with Crippen molar-refractivity contribution in [1.29, 1.82) is 0 Å². The van der Waals surface area contributed by atoms with Crippen molar-refractivity contribution in [3.8, 4) is 5.75 Å². The van der Waals surface area contributed by atoms with E-state index in [0.717, 1.165) is 24.6 Å². The largest absolute Gasteiger partial charge is 0.484 e. The Hall–Kier alpha value is -1.23. The van der Waals surface area contributed by atoms with Crippen molar-refractivity contribution in [3.05, 3.63) is 29.8 Å². The van der Waals surface area contributed by atoms with Crippen LogP contribution >= 0.6 is 24.0 Å². The Morgan fingerprint density at radius 3 is 2.43 bits per heavy atom. The van der Waals surface area contributed by atoms with E-state index in [-0.39, 0.29) is 29.7 Å². The van der Waals surface area contributed by atoms with Gasteiger partial charge in [-0.1, -0.05) is 12.1 Å². The van der Waals surface area contributed by atoms with Gasteiger partial charge >= 0.3 is 6.18 Å². The summed E-state index contributed by atoms with van der Waals surface area (Å²) in [4.78, 5) is 6.93. The molecule has 0 saturated heterocycles. The van der Waals surface area contributed by atoms with Crippen molar-refractivity contribution in [2.45, 2.75) is 51.5 Å².